The van der Waals surface area contributed by atoms with Crippen LogP contribution >= 0.6 is 0 Å². The Hall–Kier alpha value is -1.02. The van der Waals surface area contributed by atoms with Gasteiger partial charge in [0.1, 0.15) is 0 Å². The van der Waals surface area contributed by atoms with Crippen molar-refractivity contribution >= 4 is 5.69 Å². The molecule has 1 atom stereocenters. The molecule has 15 heavy (non-hydrogen) atoms. The van der Waals surface area contributed by atoms with Crippen molar-refractivity contribution in [3.8, 4) is 0 Å². The highest BCUT2D eigenvalue weighted by atomic mass is 16.3. The molecule has 1 aromatic rings. The topological polar surface area (TPSA) is 32.3 Å². The van der Waals surface area contributed by atoms with Crippen LogP contribution in [-0.2, 0) is 19.3 Å². The molecule has 2 N–H and O–H groups in total. The van der Waals surface area contributed by atoms with Crippen molar-refractivity contribution < 1.29 is 5.11 Å². The smallest absolute Gasteiger partial charge is 0.0796 e. The molecule has 0 amide bonds. The Morgan fingerprint density at radius 1 is 1.27 bits per heavy atom. The Labute approximate surface area is 90.3 Å². The van der Waals surface area contributed by atoms with E-state index in [-0.39, 0.29) is 6.10 Å². The number of aryl methyl sites for hydroxylation is 1. The van der Waals surface area contributed by atoms with Crippen molar-refractivity contribution in [2.24, 2.45) is 0 Å². The number of nitrogens with one attached hydrogen (secondary N) is 1. The van der Waals surface area contributed by atoms with Crippen LogP contribution in [0.2, 0.25) is 0 Å². The van der Waals surface area contributed by atoms with Gasteiger partial charge >= 0.3 is 0 Å². The number of hydrogen-bond acceptors (Lipinski definition) is 2. The summed E-state index contributed by atoms with van der Waals surface area (Å²) < 4.78 is 0. The lowest BCUT2D eigenvalue weighted by atomic mass is 9.98. The van der Waals surface area contributed by atoms with Gasteiger partial charge in [-0.2, -0.15) is 0 Å². The summed E-state index contributed by atoms with van der Waals surface area (Å²) in [6.07, 6.45) is 5.35. The van der Waals surface area contributed by atoms with Crippen LogP contribution in [0.25, 0.3) is 0 Å². The minimum atomic E-state index is -0.224. The second-order valence-electron chi connectivity index (χ2n) is 4.62. The van der Waals surface area contributed by atoms with Crippen molar-refractivity contribution in [3.05, 3.63) is 28.3 Å². The lowest BCUT2D eigenvalue weighted by Gasteiger charge is -2.15. The first kappa shape index (κ1) is 9.22. The number of hydrogen-bond donors (Lipinski definition) is 2. The first-order chi connectivity index (χ1) is 7.31. The summed E-state index contributed by atoms with van der Waals surface area (Å²) >= 11 is 0. The molecule has 0 fully saturated rings. The molecule has 0 spiro atoms. The zero-order valence-corrected chi connectivity index (χ0v) is 9.14. The minimum Gasteiger partial charge on any atom is -0.388 e. The molecule has 1 aromatic carbocycles. The summed E-state index contributed by atoms with van der Waals surface area (Å²) in [5, 5.41) is 13.2. The number of benzene rings is 1. The molecular weight excluding hydrogens is 186 g/mol. The Morgan fingerprint density at radius 3 is 2.93 bits per heavy atom. The summed E-state index contributed by atoms with van der Waals surface area (Å²) in [7, 11) is 2.00. The largest absolute Gasteiger partial charge is 0.388 e. The molecule has 2 nitrogen and oxygen atoms in total. The standard InChI is InChI=1S/C13H17NO/c1-14-13-9-4-2-3-8(9)7-11-10(13)5-6-12(11)15/h7,12,14-15H,2-6H2,1H3. The van der Waals surface area contributed by atoms with E-state index in [1.165, 1.54) is 47.2 Å². The van der Waals surface area contributed by atoms with Gasteiger partial charge in [-0.15, -0.1) is 0 Å². The predicted octanol–water partition coefficient (Wildman–Crippen LogP) is 2.20. The average molecular weight is 203 g/mol. The molecule has 0 radical (unpaired) electrons. The molecule has 2 aliphatic rings. The third-order valence-corrected chi connectivity index (χ3v) is 3.82. The summed E-state index contributed by atoms with van der Waals surface area (Å²) in [5.41, 5.74) is 6.83. The number of anilines is 1. The van der Waals surface area contributed by atoms with Gasteiger partial charge in [0.15, 0.2) is 0 Å². The number of aliphatic hydroxyl groups is 1. The molecule has 2 heteroatoms. The van der Waals surface area contributed by atoms with Crippen molar-refractivity contribution in [3.63, 3.8) is 0 Å². The fraction of sp³-hybridized carbons (Fsp3) is 0.538. The summed E-state index contributed by atoms with van der Waals surface area (Å²) in [5.74, 6) is 0. The summed E-state index contributed by atoms with van der Waals surface area (Å²) in [6, 6.07) is 2.25. The van der Waals surface area contributed by atoms with Gasteiger partial charge in [0, 0.05) is 12.7 Å². The van der Waals surface area contributed by atoms with Crippen molar-refractivity contribution in [1.29, 1.82) is 0 Å². The van der Waals surface area contributed by atoms with E-state index in [1.54, 1.807) is 0 Å². The summed E-state index contributed by atoms with van der Waals surface area (Å²) in [4.78, 5) is 0. The van der Waals surface area contributed by atoms with Gasteiger partial charge in [-0.1, -0.05) is 6.07 Å². The third-order valence-electron chi connectivity index (χ3n) is 3.82. The molecule has 2 aliphatic carbocycles. The van der Waals surface area contributed by atoms with E-state index in [9.17, 15) is 5.11 Å². The zero-order valence-electron chi connectivity index (χ0n) is 9.14. The van der Waals surface area contributed by atoms with E-state index in [4.69, 9.17) is 0 Å². The van der Waals surface area contributed by atoms with E-state index in [0.29, 0.717) is 0 Å². The van der Waals surface area contributed by atoms with Crippen molar-refractivity contribution in [2.75, 3.05) is 12.4 Å². The monoisotopic (exact) mass is 203 g/mol. The van der Waals surface area contributed by atoms with Crippen molar-refractivity contribution in [2.45, 2.75) is 38.2 Å². The third kappa shape index (κ3) is 1.21. The molecule has 3 rings (SSSR count). The van der Waals surface area contributed by atoms with E-state index in [1.807, 2.05) is 7.05 Å². The second kappa shape index (κ2) is 3.24. The lowest BCUT2D eigenvalue weighted by molar-refractivity contribution is 0.180. The highest BCUT2D eigenvalue weighted by molar-refractivity contribution is 5.66. The normalized spacial score (nSPS) is 22.7. The van der Waals surface area contributed by atoms with E-state index in [0.717, 1.165) is 12.8 Å². The van der Waals surface area contributed by atoms with Gasteiger partial charge < -0.3 is 10.4 Å². The van der Waals surface area contributed by atoms with Gasteiger partial charge in [0.25, 0.3) is 0 Å². The van der Waals surface area contributed by atoms with Gasteiger partial charge in [0.05, 0.1) is 6.10 Å². The summed E-state index contributed by atoms with van der Waals surface area (Å²) in [6.45, 7) is 0. The maximum atomic E-state index is 9.90. The molecular formula is C13H17NO. The molecule has 0 aromatic heterocycles. The lowest BCUT2D eigenvalue weighted by Crippen LogP contribution is -2.01. The average Bonchev–Trinajstić information content (AvgIpc) is 2.83. The quantitative estimate of drug-likeness (QED) is 0.733. The highest BCUT2D eigenvalue weighted by Crippen LogP contribution is 2.41. The molecule has 1 unspecified atom stereocenters. The number of aliphatic hydroxyl groups excluding tert-OH is 1. The molecule has 0 aliphatic heterocycles. The van der Waals surface area contributed by atoms with Crippen LogP contribution in [0.5, 0.6) is 0 Å². The molecule has 80 valence electrons. The Balaban J connectivity index is 2.23. The van der Waals surface area contributed by atoms with E-state index >= 15 is 0 Å². The van der Waals surface area contributed by atoms with Crippen molar-refractivity contribution in [1.82, 2.24) is 0 Å². The van der Waals surface area contributed by atoms with E-state index in [2.05, 4.69) is 11.4 Å². The van der Waals surface area contributed by atoms with Gasteiger partial charge in [0.2, 0.25) is 0 Å². The SMILES string of the molecule is CNc1c2c(cc3c1CCC3O)CCC2. The Morgan fingerprint density at radius 2 is 2.13 bits per heavy atom. The number of fused-ring (bicyclic) bond motifs is 2. The first-order valence-electron chi connectivity index (χ1n) is 5.84. The fourth-order valence-corrected chi connectivity index (χ4v) is 3.12. The maximum absolute atomic E-state index is 9.90. The predicted molar refractivity (Wildman–Crippen MR) is 61.3 cm³/mol. The fourth-order valence-electron chi connectivity index (χ4n) is 3.12. The zero-order chi connectivity index (χ0) is 10.4. The van der Waals surface area contributed by atoms with E-state index < -0.39 is 0 Å². The Kier molecular flexibility index (Phi) is 1.99. The number of rotatable bonds is 1. The van der Waals surface area contributed by atoms with Crippen LogP contribution in [0.15, 0.2) is 6.07 Å². The van der Waals surface area contributed by atoms with Gasteiger partial charge in [-0.05, 0) is 54.4 Å². The van der Waals surface area contributed by atoms with Crippen LogP contribution in [0, 0.1) is 0 Å². The van der Waals surface area contributed by atoms with Crippen LogP contribution in [-0.4, -0.2) is 12.2 Å². The Bertz CT molecular complexity index is 411. The van der Waals surface area contributed by atoms with Gasteiger partial charge in [-0.3, -0.25) is 0 Å². The van der Waals surface area contributed by atoms with Gasteiger partial charge in [-0.25, -0.2) is 0 Å². The van der Waals surface area contributed by atoms with Crippen LogP contribution in [0.4, 0.5) is 5.69 Å². The molecule has 0 bridgehead atoms. The molecule has 0 saturated heterocycles. The van der Waals surface area contributed by atoms with Crippen LogP contribution < -0.4 is 5.32 Å². The molecule has 0 heterocycles. The highest BCUT2D eigenvalue weighted by Gasteiger charge is 2.27. The minimum absolute atomic E-state index is 0.224. The maximum Gasteiger partial charge on any atom is 0.0796 e. The van der Waals surface area contributed by atoms with Crippen LogP contribution in [0.1, 0.15) is 41.2 Å². The first-order valence-corrected chi connectivity index (χ1v) is 5.84. The van der Waals surface area contributed by atoms with Crippen LogP contribution in [0.3, 0.4) is 0 Å². The molecule has 0 saturated carbocycles. The second-order valence-corrected chi connectivity index (χ2v) is 4.62.